The number of nitrogens with zero attached hydrogens (tertiary/aromatic N) is 2. The van der Waals surface area contributed by atoms with Gasteiger partial charge in [0.05, 0.1) is 11.6 Å². The Morgan fingerprint density at radius 3 is 2.21 bits per heavy atom. The molecule has 4 rings (SSSR count). The Labute approximate surface area is 170 Å². The summed E-state index contributed by atoms with van der Waals surface area (Å²) in [6.45, 7) is 4.83. The molecular weight excluding hydrogens is 366 g/mol. The Morgan fingerprint density at radius 1 is 0.931 bits per heavy atom. The molecular formula is C23H25N3O3. The molecule has 1 amide bonds. The molecule has 1 atom stereocenters. The molecule has 0 saturated carbocycles. The first-order valence-corrected chi connectivity index (χ1v) is 9.98. The van der Waals surface area contributed by atoms with E-state index in [1.807, 2.05) is 36.4 Å². The van der Waals surface area contributed by atoms with Gasteiger partial charge in [0.25, 0.3) is 11.7 Å². The van der Waals surface area contributed by atoms with Crippen LogP contribution in [0.15, 0.2) is 66.2 Å². The first-order valence-electron chi connectivity index (χ1n) is 9.98. The monoisotopic (exact) mass is 391 g/mol. The number of benzene rings is 2. The fraction of sp³-hybridized carbons (Fsp3) is 0.304. The molecule has 0 spiro atoms. The zero-order valence-electron chi connectivity index (χ0n) is 16.3. The predicted octanol–water partition coefficient (Wildman–Crippen LogP) is 2.01. The lowest BCUT2D eigenvalue weighted by Crippen LogP contribution is -2.46. The van der Waals surface area contributed by atoms with Crippen molar-refractivity contribution in [1.82, 2.24) is 15.1 Å². The third kappa shape index (κ3) is 3.95. The number of ketones is 1. The zero-order valence-corrected chi connectivity index (χ0v) is 16.3. The van der Waals surface area contributed by atoms with Crippen molar-refractivity contribution in [3.05, 3.63) is 77.4 Å². The number of amides is 1. The maximum atomic E-state index is 12.9. The number of rotatable bonds is 5. The minimum atomic E-state index is -0.625. The van der Waals surface area contributed by atoms with Gasteiger partial charge in [-0.3, -0.25) is 14.5 Å². The summed E-state index contributed by atoms with van der Waals surface area (Å²) in [6.07, 6.45) is 0. The molecule has 29 heavy (non-hydrogen) atoms. The Balaban J connectivity index is 1.70. The Morgan fingerprint density at radius 2 is 1.55 bits per heavy atom. The van der Waals surface area contributed by atoms with E-state index in [4.69, 9.17) is 0 Å². The van der Waals surface area contributed by atoms with Crippen molar-refractivity contribution >= 4 is 17.4 Å². The minimum Gasteiger partial charge on any atom is -0.507 e. The van der Waals surface area contributed by atoms with Crippen LogP contribution >= 0.6 is 0 Å². The van der Waals surface area contributed by atoms with Crippen molar-refractivity contribution in [1.29, 1.82) is 0 Å². The van der Waals surface area contributed by atoms with E-state index >= 15 is 0 Å². The molecule has 0 aliphatic carbocycles. The lowest BCUT2D eigenvalue weighted by Gasteiger charge is -2.31. The maximum absolute atomic E-state index is 12.9. The summed E-state index contributed by atoms with van der Waals surface area (Å²) in [4.78, 5) is 29.7. The fourth-order valence-electron chi connectivity index (χ4n) is 4.03. The van der Waals surface area contributed by atoms with Crippen LogP contribution in [0.2, 0.25) is 0 Å². The highest BCUT2D eigenvalue weighted by Crippen LogP contribution is 2.39. The Kier molecular flexibility index (Phi) is 5.74. The van der Waals surface area contributed by atoms with Gasteiger partial charge in [0.15, 0.2) is 0 Å². The van der Waals surface area contributed by atoms with E-state index in [1.165, 1.54) is 0 Å². The number of aliphatic hydroxyl groups is 1. The summed E-state index contributed by atoms with van der Waals surface area (Å²) in [5.41, 5.74) is 1.52. The number of piperazine rings is 1. The maximum Gasteiger partial charge on any atom is 0.295 e. The first kappa shape index (κ1) is 19.4. The van der Waals surface area contributed by atoms with Crippen LogP contribution in [0.5, 0.6) is 0 Å². The SMILES string of the molecule is O=C1C(=O)N(CCN2CCNCC2)[C@@H](c2ccccc2)C1=C(O)c1ccccc1. The molecule has 2 heterocycles. The molecule has 2 aliphatic heterocycles. The number of hydrogen-bond acceptors (Lipinski definition) is 5. The molecule has 150 valence electrons. The molecule has 0 unspecified atom stereocenters. The van der Waals surface area contributed by atoms with Gasteiger partial charge >= 0.3 is 0 Å². The molecule has 2 aliphatic rings. The smallest absolute Gasteiger partial charge is 0.295 e. The second kappa shape index (κ2) is 8.59. The fourth-order valence-corrected chi connectivity index (χ4v) is 4.03. The number of carbonyl (C=O) groups excluding carboxylic acids is 2. The van der Waals surface area contributed by atoms with Gasteiger partial charge in [-0.25, -0.2) is 0 Å². The second-order valence-electron chi connectivity index (χ2n) is 7.36. The quantitative estimate of drug-likeness (QED) is 0.463. The summed E-state index contributed by atoms with van der Waals surface area (Å²) in [5.74, 6) is -1.30. The number of Topliss-reactive ketones (excluding diaryl/α,β-unsaturated/α-hetero) is 1. The molecule has 2 fully saturated rings. The number of likely N-dealkylation sites (tertiary alicyclic amines) is 1. The van der Waals surface area contributed by atoms with E-state index in [1.54, 1.807) is 29.2 Å². The summed E-state index contributed by atoms with van der Waals surface area (Å²) < 4.78 is 0. The largest absolute Gasteiger partial charge is 0.507 e. The van der Waals surface area contributed by atoms with E-state index < -0.39 is 17.7 Å². The summed E-state index contributed by atoms with van der Waals surface area (Å²) >= 11 is 0. The lowest BCUT2D eigenvalue weighted by atomic mass is 9.95. The molecule has 6 nitrogen and oxygen atoms in total. The van der Waals surface area contributed by atoms with Gasteiger partial charge in [-0.1, -0.05) is 60.7 Å². The van der Waals surface area contributed by atoms with E-state index in [-0.39, 0.29) is 11.3 Å². The number of aliphatic hydroxyl groups excluding tert-OH is 1. The van der Waals surface area contributed by atoms with E-state index in [2.05, 4.69) is 10.2 Å². The van der Waals surface area contributed by atoms with E-state index in [0.717, 1.165) is 31.7 Å². The van der Waals surface area contributed by atoms with Gasteiger partial charge < -0.3 is 15.3 Å². The van der Waals surface area contributed by atoms with Gasteiger partial charge in [0, 0.05) is 44.8 Å². The number of nitrogens with one attached hydrogen (secondary N) is 1. The molecule has 6 heteroatoms. The lowest BCUT2D eigenvalue weighted by molar-refractivity contribution is -0.140. The summed E-state index contributed by atoms with van der Waals surface area (Å²) in [6, 6.07) is 17.8. The summed E-state index contributed by atoms with van der Waals surface area (Å²) in [5, 5.41) is 14.3. The van der Waals surface area contributed by atoms with Gasteiger partial charge in [0.1, 0.15) is 5.76 Å². The second-order valence-corrected chi connectivity index (χ2v) is 7.36. The van der Waals surface area contributed by atoms with Crippen LogP contribution in [0.4, 0.5) is 0 Å². The topological polar surface area (TPSA) is 72.9 Å². The summed E-state index contributed by atoms with van der Waals surface area (Å²) in [7, 11) is 0. The standard InChI is InChI=1S/C23H25N3O3/c27-21(18-9-5-2-6-10-18)19-20(17-7-3-1-4-8-17)26(23(29)22(19)28)16-15-25-13-11-24-12-14-25/h1-10,20,24,27H,11-16H2/t20-/m0/s1. The highest BCUT2D eigenvalue weighted by molar-refractivity contribution is 6.46. The molecule has 0 aromatic heterocycles. The molecule has 2 aromatic carbocycles. The molecule has 2 N–H and O–H groups in total. The average molecular weight is 391 g/mol. The van der Waals surface area contributed by atoms with Gasteiger partial charge in [-0.15, -0.1) is 0 Å². The third-order valence-electron chi connectivity index (χ3n) is 5.57. The van der Waals surface area contributed by atoms with Crippen LogP contribution in [0.3, 0.4) is 0 Å². The van der Waals surface area contributed by atoms with Crippen LogP contribution in [-0.2, 0) is 9.59 Å². The first-order chi connectivity index (χ1) is 14.2. The van der Waals surface area contributed by atoms with Gasteiger partial charge in [0.2, 0.25) is 0 Å². The van der Waals surface area contributed by atoms with Crippen LogP contribution < -0.4 is 5.32 Å². The molecule has 0 bridgehead atoms. The Hall–Kier alpha value is -2.96. The highest BCUT2D eigenvalue weighted by atomic mass is 16.3. The van der Waals surface area contributed by atoms with Crippen molar-refractivity contribution in [2.24, 2.45) is 0 Å². The van der Waals surface area contributed by atoms with Crippen molar-refractivity contribution in [3.8, 4) is 0 Å². The normalized spacial score (nSPS) is 22.2. The van der Waals surface area contributed by atoms with E-state index in [9.17, 15) is 14.7 Å². The molecule has 0 radical (unpaired) electrons. The van der Waals surface area contributed by atoms with Crippen LogP contribution in [0.25, 0.3) is 5.76 Å². The number of carbonyl (C=O) groups is 2. The van der Waals surface area contributed by atoms with Gasteiger partial charge in [-0.05, 0) is 5.56 Å². The van der Waals surface area contributed by atoms with Crippen molar-refractivity contribution in [2.45, 2.75) is 6.04 Å². The van der Waals surface area contributed by atoms with Crippen LogP contribution in [0.1, 0.15) is 17.2 Å². The van der Waals surface area contributed by atoms with Gasteiger partial charge in [-0.2, -0.15) is 0 Å². The van der Waals surface area contributed by atoms with Crippen molar-refractivity contribution in [2.75, 3.05) is 39.3 Å². The van der Waals surface area contributed by atoms with Crippen LogP contribution in [-0.4, -0.2) is 65.9 Å². The third-order valence-corrected chi connectivity index (χ3v) is 5.57. The highest BCUT2D eigenvalue weighted by Gasteiger charge is 2.45. The van der Waals surface area contributed by atoms with Crippen molar-refractivity contribution in [3.63, 3.8) is 0 Å². The van der Waals surface area contributed by atoms with Crippen LogP contribution in [0, 0.1) is 0 Å². The van der Waals surface area contributed by atoms with Crippen molar-refractivity contribution < 1.29 is 14.7 Å². The minimum absolute atomic E-state index is 0.123. The molecule has 2 aromatic rings. The molecule has 2 saturated heterocycles. The van der Waals surface area contributed by atoms with E-state index in [0.29, 0.717) is 18.7 Å². The predicted molar refractivity (Wildman–Crippen MR) is 111 cm³/mol. The Bertz CT molecular complexity index is 905. The number of hydrogen-bond donors (Lipinski definition) is 2. The zero-order chi connectivity index (χ0) is 20.2. The average Bonchev–Trinajstić information content (AvgIpc) is 3.04.